The lowest BCUT2D eigenvalue weighted by Gasteiger charge is -2.12. The molecule has 9 heteroatoms. The van der Waals surface area contributed by atoms with Crippen molar-refractivity contribution in [1.29, 1.82) is 0 Å². The number of aromatic nitrogens is 1. The Labute approximate surface area is 154 Å². The fraction of sp³-hybridized carbons (Fsp3) is 0.188. The van der Waals surface area contributed by atoms with Crippen molar-refractivity contribution >= 4 is 50.0 Å². The molecule has 1 heterocycles. The van der Waals surface area contributed by atoms with E-state index >= 15 is 0 Å². The molecule has 0 bridgehead atoms. The van der Waals surface area contributed by atoms with Gasteiger partial charge in [-0.15, -0.1) is 0 Å². The van der Waals surface area contributed by atoms with E-state index in [1.807, 2.05) is 0 Å². The average Bonchev–Trinajstić information content (AvgIpc) is 2.84. The maximum atomic E-state index is 12.7. The summed E-state index contributed by atoms with van der Waals surface area (Å²) >= 11 is 12.1. The second-order valence-corrected chi connectivity index (χ2v) is 7.92. The highest BCUT2D eigenvalue weighted by Gasteiger charge is 2.22. The molecule has 1 aromatic heterocycles. The molecule has 0 saturated heterocycles. The number of anilines is 1. The largest absolute Gasteiger partial charge is 0.419 e. The Balaban J connectivity index is 2.12. The van der Waals surface area contributed by atoms with Gasteiger partial charge in [0.1, 0.15) is 4.90 Å². The van der Waals surface area contributed by atoms with Crippen LogP contribution in [0.15, 0.2) is 44.4 Å². The Morgan fingerprint density at radius 1 is 1.20 bits per heavy atom. The van der Waals surface area contributed by atoms with E-state index in [2.05, 4.69) is 4.72 Å². The van der Waals surface area contributed by atoms with Gasteiger partial charge in [0, 0.05) is 17.6 Å². The fourth-order valence-corrected chi connectivity index (χ4v) is 4.31. The summed E-state index contributed by atoms with van der Waals surface area (Å²) in [6.45, 7) is 3.91. The zero-order chi connectivity index (χ0) is 18.4. The Kier molecular flexibility index (Phi) is 4.57. The zero-order valence-electron chi connectivity index (χ0n) is 13.3. The number of benzene rings is 2. The number of fused-ring (bicyclic) bond motifs is 1. The van der Waals surface area contributed by atoms with E-state index in [-0.39, 0.29) is 15.5 Å². The van der Waals surface area contributed by atoms with Gasteiger partial charge in [-0.05, 0) is 37.6 Å². The van der Waals surface area contributed by atoms with E-state index in [0.29, 0.717) is 28.3 Å². The highest BCUT2D eigenvalue weighted by Crippen LogP contribution is 2.30. The third-order valence-corrected chi connectivity index (χ3v) is 5.84. The van der Waals surface area contributed by atoms with E-state index in [4.69, 9.17) is 27.6 Å². The highest BCUT2D eigenvalue weighted by molar-refractivity contribution is 7.92. The number of halogens is 2. The van der Waals surface area contributed by atoms with Gasteiger partial charge in [0.15, 0.2) is 5.58 Å². The molecule has 25 heavy (non-hydrogen) atoms. The third-order valence-electron chi connectivity index (χ3n) is 3.77. The monoisotopic (exact) mass is 400 g/mol. The molecule has 0 amide bonds. The molecule has 132 valence electrons. The summed E-state index contributed by atoms with van der Waals surface area (Å²) in [4.78, 5) is 11.6. The number of nitrogens with zero attached hydrogens (tertiary/aromatic N) is 1. The van der Waals surface area contributed by atoms with E-state index in [1.165, 1.54) is 22.8 Å². The molecule has 0 aliphatic heterocycles. The molecule has 0 fully saturated rings. The first-order valence-corrected chi connectivity index (χ1v) is 9.58. The molecule has 0 aliphatic carbocycles. The number of nitrogens with one attached hydrogen (secondary N) is 1. The Bertz CT molecular complexity index is 1130. The molecule has 0 aliphatic rings. The van der Waals surface area contributed by atoms with E-state index in [0.717, 1.165) is 0 Å². The molecule has 0 radical (unpaired) electrons. The van der Waals surface area contributed by atoms with Gasteiger partial charge < -0.3 is 4.42 Å². The van der Waals surface area contributed by atoms with Crippen molar-refractivity contribution < 1.29 is 12.8 Å². The van der Waals surface area contributed by atoms with Crippen molar-refractivity contribution in [3.63, 3.8) is 0 Å². The second kappa shape index (κ2) is 6.40. The third kappa shape index (κ3) is 3.27. The molecule has 2 aromatic carbocycles. The minimum atomic E-state index is -4.00. The van der Waals surface area contributed by atoms with Crippen LogP contribution in [-0.2, 0) is 16.6 Å². The van der Waals surface area contributed by atoms with Crippen LogP contribution in [0.25, 0.3) is 11.1 Å². The molecule has 6 nitrogen and oxygen atoms in total. The minimum Gasteiger partial charge on any atom is -0.408 e. The fourth-order valence-electron chi connectivity index (χ4n) is 2.47. The van der Waals surface area contributed by atoms with Crippen LogP contribution in [0.3, 0.4) is 0 Å². The molecule has 0 atom stereocenters. The van der Waals surface area contributed by atoms with E-state index in [9.17, 15) is 13.2 Å². The van der Waals surface area contributed by atoms with Crippen LogP contribution in [0.4, 0.5) is 5.69 Å². The SMILES string of the molecule is CCn1c(=O)oc2cc(S(=O)(=O)Nc3cc(Cl)ccc3C)c(Cl)cc21. The topological polar surface area (TPSA) is 81.3 Å². The van der Waals surface area contributed by atoms with Gasteiger partial charge >= 0.3 is 5.76 Å². The van der Waals surface area contributed by atoms with Gasteiger partial charge in [-0.3, -0.25) is 9.29 Å². The summed E-state index contributed by atoms with van der Waals surface area (Å²) in [5.41, 5.74) is 1.64. The van der Waals surface area contributed by atoms with Crippen LogP contribution in [0.1, 0.15) is 12.5 Å². The summed E-state index contributed by atoms with van der Waals surface area (Å²) in [5.74, 6) is -0.568. The summed E-state index contributed by atoms with van der Waals surface area (Å²) in [5, 5.41) is 0.388. The van der Waals surface area contributed by atoms with E-state index in [1.54, 1.807) is 26.0 Å². The number of sulfonamides is 1. The molecular weight excluding hydrogens is 387 g/mol. The minimum absolute atomic E-state index is 0.0114. The Hall–Kier alpha value is -1.96. The van der Waals surface area contributed by atoms with Crippen molar-refractivity contribution in [3.8, 4) is 0 Å². The Morgan fingerprint density at radius 2 is 1.92 bits per heavy atom. The predicted octanol–water partition coefficient (Wildman–Crippen LogP) is 4.03. The lowest BCUT2D eigenvalue weighted by Crippen LogP contribution is -2.14. The number of hydrogen-bond donors (Lipinski definition) is 1. The van der Waals surface area contributed by atoms with Crippen molar-refractivity contribution in [2.45, 2.75) is 25.3 Å². The van der Waals surface area contributed by atoms with Gasteiger partial charge in [0.2, 0.25) is 0 Å². The smallest absolute Gasteiger partial charge is 0.408 e. The number of rotatable bonds is 4. The lowest BCUT2D eigenvalue weighted by molar-refractivity contribution is 0.512. The van der Waals surface area contributed by atoms with Crippen LogP contribution in [0, 0.1) is 6.92 Å². The molecular formula is C16H14Cl2N2O4S. The number of aryl methyl sites for hydroxylation is 2. The van der Waals surface area contributed by atoms with Gasteiger partial charge in [0.25, 0.3) is 10.0 Å². The van der Waals surface area contributed by atoms with Crippen LogP contribution >= 0.6 is 23.2 Å². The standard InChI is InChI=1S/C16H14Cl2N2O4S/c1-3-20-13-7-11(18)15(8-14(13)24-16(20)21)25(22,23)19-12-6-10(17)5-4-9(12)2/h4-8,19H,3H2,1-2H3. The van der Waals surface area contributed by atoms with E-state index < -0.39 is 15.8 Å². The molecule has 3 rings (SSSR count). The van der Waals surface area contributed by atoms with Crippen LogP contribution in [-0.4, -0.2) is 13.0 Å². The zero-order valence-corrected chi connectivity index (χ0v) is 15.7. The predicted molar refractivity (Wildman–Crippen MR) is 98.2 cm³/mol. The maximum absolute atomic E-state index is 12.7. The van der Waals surface area contributed by atoms with Crippen LogP contribution in [0.5, 0.6) is 0 Å². The van der Waals surface area contributed by atoms with Crippen molar-refractivity contribution in [2.75, 3.05) is 4.72 Å². The van der Waals surface area contributed by atoms with Crippen LogP contribution < -0.4 is 10.5 Å². The normalized spacial score (nSPS) is 11.8. The van der Waals surface area contributed by atoms with Gasteiger partial charge in [-0.25, -0.2) is 13.2 Å². The van der Waals surface area contributed by atoms with Crippen molar-refractivity contribution in [3.05, 3.63) is 56.5 Å². The van der Waals surface area contributed by atoms with Gasteiger partial charge in [-0.1, -0.05) is 29.3 Å². The lowest BCUT2D eigenvalue weighted by atomic mass is 10.2. The maximum Gasteiger partial charge on any atom is 0.419 e. The number of oxazole rings is 1. The first kappa shape index (κ1) is 17.8. The first-order chi connectivity index (χ1) is 11.7. The number of hydrogen-bond acceptors (Lipinski definition) is 4. The molecule has 1 N–H and O–H groups in total. The van der Waals surface area contributed by atoms with Crippen molar-refractivity contribution in [2.24, 2.45) is 0 Å². The van der Waals surface area contributed by atoms with Gasteiger partial charge in [0.05, 0.1) is 16.2 Å². The first-order valence-electron chi connectivity index (χ1n) is 7.35. The second-order valence-electron chi connectivity index (χ2n) is 5.43. The highest BCUT2D eigenvalue weighted by atomic mass is 35.5. The summed E-state index contributed by atoms with van der Waals surface area (Å²) in [6, 6.07) is 7.52. The molecule has 0 unspecified atom stereocenters. The van der Waals surface area contributed by atoms with Crippen molar-refractivity contribution in [1.82, 2.24) is 4.57 Å². The summed E-state index contributed by atoms with van der Waals surface area (Å²) < 4.78 is 34.4. The summed E-state index contributed by atoms with van der Waals surface area (Å²) in [6.07, 6.45) is 0. The van der Waals surface area contributed by atoms with Crippen LogP contribution in [0.2, 0.25) is 10.0 Å². The molecule has 3 aromatic rings. The molecule has 0 saturated carbocycles. The summed E-state index contributed by atoms with van der Waals surface area (Å²) in [7, 11) is -4.00. The van der Waals surface area contributed by atoms with Gasteiger partial charge in [-0.2, -0.15) is 0 Å². The Morgan fingerprint density at radius 3 is 2.60 bits per heavy atom. The average molecular weight is 401 g/mol. The molecule has 0 spiro atoms. The quantitative estimate of drug-likeness (QED) is 0.716.